The maximum absolute atomic E-state index is 12.0. The molecule has 6 nitrogen and oxygen atoms in total. The maximum Gasteiger partial charge on any atom is 0.281 e. The number of phenols is 2. The van der Waals surface area contributed by atoms with Gasteiger partial charge in [0.15, 0.2) is 0 Å². The van der Waals surface area contributed by atoms with Crippen LogP contribution in [0.2, 0.25) is 0 Å². The van der Waals surface area contributed by atoms with E-state index in [0.29, 0.717) is 15.7 Å². The number of nitrogens with two attached hydrogens (primary N) is 1. The van der Waals surface area contributed by atoms with Crippen LogP contribution in [0.25, 0.3) is 6.08 Å². The Morgan fingerprint density at radius 2 is 1.79 bits per heavy atom. The van der Waals surface area contributed by atoms with Gasteiger partial charge < -0.3 is 15.5 Å². The van der Waals surface area contributed by atoms with Crippen LogP contribution in [0.15, 0.2) is 45.0 Å². The average molecular weight is 457 g/mol. The van der Waals surface area contributed by atoms with Crippen LogP contribution < -0.4 is 16.6 Å². The molecule has 0 aromatic heterocycles. The molecule has 0 unspecified atom stereocenters. The second-order valence-corrected chi connectivity index (χ2v) is 6.63. The number of phenolic OH excluding ortho intramolecular Hbond substituents is 2. The summed E-state index contributed by atoms with van der Waals surface area (Å²) in [7, 11) is 0. The van der Waals surface area contributed by atoms with Crippen molar-refractivity contribution in [3.8, 4) is 11.5 Å². The van der Waals surface area contributed by atoms with Gasteiger partial charge in [-0.1, -0.05) is 17.7 Å². The van der Waals surface area contributed by atoms with Gasteiger partial charge in [0.1, 0.15) is 21.7 Å². The third kappa shape index (κ3) is 4.08. The van der Waals surface area contributed by atoms with Crippen molar-refractivity contribution in [2.75, 3.05) is 5.32 Å². The van der Waals surface area contributed by atoms with Crippen molar-refractivity contribution < 1.29 is 15.0 Å². The lowest BCUT2D eigenvalue weighted by atomic mass is 10.1. The lowest BCUT2D eigenvalue weighted by Gasteiger charge is -2.12. The number of carbonyl (C=O) groups is 1. The fourth-order valence-corrected chi connectivity index (χ4v) is 3.06. The number of aromatic hydroxyl groups is 2. The van der Waals surface area contributed by atoms with Crippen LogP contribution in [-0.4, -0.2) is 16.1 Å². The number of nitrogens with one attached hydrogen (secondary N) is 2. The highest BCUT2D eigenvalue weighted by molar-refractivity contribution is 9.11. The molecule has 0 bridgehead atoms. The molecule has 0 saturated heterocycles. The molecule has 0 fully saturated rings. The van der Waals surface area contributed by atoms with E-state index >= 15 is 0 Å². The van der Waals surface area contributed by atoms with E-state index in [2.05, 4.69) is 42.6 Å². The largest absolute Gasteiger partial charge is 0.506 e. The van der Waals surface area contributed by atoms with Crippen LogP contribution >= 0.6 is 31.9 Å². The summed E-state index contributed by atoms with van der Waals surface area (Å²) in [5, 5.41) is 22.9. The normalized spacial score (nSPS) is 11.2. The summed E-state index contributed by atoms with van der Waals surface area (Å²) < 4.78 is 0.479. The van der Waals surface area contributed by atoms with Crippen molar-refractivity contribution in [1.29, 1.82) is 0 Å². The SMILES string of the molecule is Cc1ccc(N/C(=C/c2cc(Br)c(O)c(Br)c2O)C(=O)NN)cc1. The van der Waals surface area contributed by atoms with Gasteiger partial charge in [-0.25, -0.2) is 5.84 Å². The number of benzene rings is 2. The zero-order valence-electron chi connectivity index (χ0n) is 12.6. The zero-order chi connectivity index (χ0) is 17.9. The van der Waals surface area contributed by atoms with E-state index in [9.17, 15) is 15.0 Å². The molecular formula is C16H15Br2N3O3. The number of halogens is 2. The van der Waals surface area contributed by atoms with Crippen LogP contribution in [0.1, 0.15) is 11.1 Å². The van der Waals surface area contributed by atoms with Gasteiger partial charge in [-0.05, 0) is 63.1 Å². The highest BCUT2D eigenvalue weighted by Crippen LogP contribution is 2.42. The van der Waals surface area contributed by atoms with Crippen molar-refractivity contribution in [3.05, 3.63) is 56.1 Å². The summed E-state index contributed by atoms with van der Waals surface area (Å²) in [4.78, 5) is 12.0. The first-order valence-electron chi connectivity index (χ1n) is 6.79. The Morgan fingerprint density at radius 3 is 2.38 bits per heavy atom. The number of hydrogen-bond acceptors (Lipinski definition) is 5. The molecule has 6 N–H and O–H groups in total. The Balaban J connectivity index is 2.46. The topological polar surface area (TPSA) is 108 Å². The number of rotatable bonds is 4. The summed E-state index contributed by atoms with van der Waals surface area (Å²) in [6.07, 6.45) is 1.42. The van der Waals surface area contributed by atoms with E-state index in [-0.39, 0.29) is 21.7 Å². The first kappa shape index (κ1) is 18.3. The minimum atomic E-state index is -0.560. The zero-order valence-corrected chi connectivity index (χ0v) is 15.8. The van der Waals surface area contributed by atoms with E-state index in [0.717, 1.165) is 5.56 Å². The minimum Gasteiger partial charge on any atom is -0.506 e. The molecule has 0 radical (unpaired) electrons. The fourth-order valence-electron chi connectivity index (χ4n) is 1.91. The first-order valence-corrected chi connectivity index (χ1v) is 8.38. The summed E-state index contributed by atoms with van der Waals surface area (Å²) in [5.74, 6) is 4.32. The molecule has 0 heterocycles. The van der Waals surface area contributed by atoms with E-state index in [4.69, 9.17) is 5.84 Å². The molecule has 1 amide bonds. The van der Waals surface area contributed by atoms with Gasteiger partial charge in [-0.15, -0.1) is 0 Å². The smallest absolute Gasteiger partial charge is 0.281 e. The minimum absolute atomic E-state index is 0.117. The molecule has 24 heavy (non-hydrogen) atoms. The van der Waals surface area contributed by atoms with Crippen molar-refractivity contribution in [2.24, 2.45) is 5.84 Å². The molecule has 2 aromatic carbocycles. The summed E-state index contributed by atoms with van der Waals surface area (Å²) in [6.45, 7) is 1.96. The van der Waals surface area contributed by atoms with Crippen LogP contribution in [0, 0.1) is 6.92 Å². The third-order valence-corrected chi connectivity index (χ3v) is 4.56. The number of anilines is 1. The van der Waals surface area contributed by atoms with Gasteiger partial charge in [0.25, 0.3) is 5.91 Å². The highest BCUT2D eigenvalue weighted by atomic mass is 79.9. The van der Waals surface area contributed by atoms with Gasteiger partial charge in [0.2, 0.25) is 0 Å². The number of hydrogen-bond donors (Lipinski definition) is 5. The summed E-state index contributed by atoms with van der Waals surface area (Å²) in [5.41, 5.74) is 4.26. The number of hydrazine groups is 1. The number of amides is 1. The molecule has 2 aromatic rings. The molecule has 0 saturated carbocycles. The Morgan fingerprint density at radius 1 is 1.17 bits per heavy atom. The third-order valence-electron chi connectivity index (χ3n) is 3.20. The van der Waals surface area contributed by atoms with Gasteiger partial charge in [0, 0.05) is 11.3 Å². The van der Waals surface area contributed by atoms with Crippen LogP contribution in [-0.2, 0) is 4.79 Å². The molecule has 126 valence electrons. The van der Waals surface area contributed by atoms with Crippen molar-refractivity contribution >= 4 is 49.5 Å². The maximum atomic E-state index is 12.0. The molecule has 2 rings (SSSR count). The predicted molar refractivity (Wildman–Crippen MR) is 100 cm³/mol. The lowest BCUT2D eigenvalue weighted by molar-refractivity contribution is -0.117. The van der Waals surface area contributed by atoms with Crippen LogP contribution in [0.3, 0.4) is 0 Å². The first-order chi connectivity index (χ1) is 11.3. The molecule has 8 heteroatoms. The van der Waals surface area contributed by atoms with Gasteiger partial charge in [-0.2, -0.15) is 0 Å². The second-order valence-electron chi connectivity index (χ2n) is 4.98. The van der Waals surface area contributed by atoms with E-state index in [1.807, 2.05) is 31.2 Å². The van der Waals surface area contributed by atoms with E-state index in [1.165, 1.54) is 12.1 Å². The van der Waals surface area contributed by atoms with Gasteiger partial charge in [-0.3, -0.25) is 10.2 Å². The standard InChI is InChI=1S/C16H15Br2N3O3/c1-8-2-4-10(5-3-8)20-12(16(24)21-19)7-9-6-11(17)15(23)13(18)14(9)22/h2-7,20,22-23H,19H2,1H3,(H,21,24)/b12-7+. The van der Waals surface area contributed by atoms with Crippen molar-refractivity contribution in [2.45, 2.75) is 6.92 Å². The molecule has 0 aliphatic rings. The second kappa shape index (κ2) is 7.69. The Bertz CT molecular complexity index is 805. The molecule has 0 aliphatic carbocycles. The number of carbonyl (C=O) groups excluding carboxylic acids is 1. The van der Waals surface area contributed by atoms with E-state index < -0.39 is 5.91 Å². The average Bonchev–Trinajstić information content (AvgIpc) is 2.58. The van der Waals surface area contributed by atoms with E-state index in [1.54, 1.807) is 0 Å². The Hall–Kier alpha value is -2.03. The molecule has 0 aliphatic heterocycles. The molecule has 0 atom stereocenters. The fraction of sp³-hybridized carbons (Fsp3) is 0.0625. The molecule has 0 spiro atoms. The number of aryl methyl sites for hydroxylation is 1. The monoisotopic (exact) mass is 455 g/mol. The van der Waals surface area contributed by atoms with Gasteiger partial charge >= 0.3 is 0 Å². The highest BCUT2D eigenvalue weighted by Gasteiger charge is 2.15. The summed E-state index contributed by atoms with van der Waals surface area (Å²) in [6, 6.07) is 8.90. The van der Waals surface area contributed by atoms with Crippen molar-refractivity contribution in [1.82, 2.24) is 5.43 Å². The van der Waals surface area contributed by atoms with Gasteiger partial charge in [0.05, 0.1) is 4.47 Å². The quantitative estimate of drug-likeness (QED) is 0.210. The summed E-state index contributed by atoms with van der Waals surface area (Å²) >= 11 is 6.28. The Labute approximate surface area is 155 Å². The molecular weight excluding hydrogens is 442 g/mol. The van der Waals surface area contributed by atoms with Crippen LogP contribution in [0.4, 0.5) is 5.69 Å². The predicted octanol–water partition coefficient (Wildman–Crippen LogP) is 3.37. The van der Waals surface area contributed by atoms with Crippen molar-refractivity contribution in [3.63, 3.8) is 0 Å². The van der Waals surface area contributed by atoms with Crippen LogP contribution in [0.5, 0.6) is 11.5 Å². The lowest BCUT2D eigenvalue weighted by Crippen LogP contribution is -2.33. The Kier molecular flexibility index (Phi) is 5.87.